The molecule has 0 aliphatic carbocycles. The Morgan fingerprint density at radius 2 is 1.02 bits per heavy atom. The number of hydrogen-bond acceptors (Lipinski definition) is 11. The van der Waals surface area contributed by atoms with Crippen LogP contribution in [0.5, 0.6) is 0 Å². The molecule has 0 aliphatic heterocycles. The van der Waals surface area contributed by atoms with Crippen molar-refractivity contribution in [2.75, 3.05) is 0 Å². The Morgan fingerprint density at radius 3 is 1.39 bits per heavy atom. The molecule has 0 saturated carbocycles. The third-order valence-corrected chi connectivity index (χ3v) is 7.73. The van der Waals surface area contributed by atoms with E-state index in [1.807, 2.05) is 18.2 Å². The van der Waals surface area contributed by atoms with Gasteiger partial charge in [-0.25, -0.2) is 19.6 Å². The highest BCUT2D eigenvalue weighted by Gasteiger charge is 2.09. The zero-order chi connectivity index (χ0) is 45.2. The summed E-state index contributed by atoms with van der Waals surface area (Å²) in [7, 11) is -1.49. The van der Waals surface area contributed by atoms with Crippen LogP contribution in [-0.2, 0) is 4.79 Å². The molecule has 0 aliphatic rings. The lowest BCUT2D eigenvalue weighted by Gasteiger charge is -1.99. The van der Waals surface area contributed by atoms with Crippen LogP contribution >= 0.6 is 69.0 Å². The van der Waals surface area contributed by atoms with Crippen LogP contribution in [0.3, 0.4) is 0 Å². The fraction of sp³-hybridized carbons (Fsp3) is 0.0256. The molecule has 0 spiro atoms. The lowest BCUT2D eigenvalue weighted by Crippen LogP contribution is -2.29. The predicted molar refractivity (Wildman–Crippen MR) is 243 cm³/mol. The Morgan fingerprint density at radius 1 is 0.607 bits per heavy atom. The van der Waals surface area contributed by atoms with Crippen LogP contribution in [0.2, 0.25) is 20.6 Å². The van der Waals surface area contributed by atoms with Gasteiger partial charge in [-0.3, -0.25) is 9.59 Å². The number of H-pyrrole nitrogens is 1. The lowest BCUT2D eigenvalue weighted by atomic mass is 9.80. The molecule has 16 nitrogen and oxygen atoms in total. The molecule has 0 amide bonds. The Balaban J connectivity index is 0.000000263. The largest absolute Gasteiger partial charge is 0.487 e. The highest BCUT2D eigenvalue weighted by atomic mass is 127. The molecule has 4 aromatic heterocycles. The maximum absolute atomic E-state index is 10.8. The molecule has 61 heavy (non-hydrogen) atoms. The standard InChI is InChI=1S/C11H6ClN3.C11H7N3O.C7H6BNO2.C4H2Cl2N2.C4H2ClIN2.C2H4O2/c1-13-9-4-2-3-8(7-9)10-5-6-11(12)15-14-10;1-12-9-4-2-3-8(7-9)10-5-6-11(15)14-13-10;1-9-7-4-2-3-6(5-7)8(10)11;2*5-3-1-2-4(6)8-7-3;1-2(3)4/h2-7H;2-7H,(H,14,15);2-5,10-11H;2*1-2H;1H3,(H,3,4). The van der Waals surface area contributed by atoms with E-state index in [2.05, 4.69) is 77.9 Å². The first-order valence-electron chi connectivity index (χ1n) is 16.5. The molecule has 22 heteroatoms. The molecule has 3 aromatic carbocycles. The van der Waals surface area contributed by atoms with E-state index in [1.54, 1.807) is 91.0 Å². The van der Waals surface area contributed by atoms with Gasteiger partial charge in [0.25, 0.3) is 11.5 Å². The number of carboxylic acid groups (broad SMARTS) is 1. The minimum atomic E-state index is -1.49. The van der Waals surface area contributed by atoms with Gasteiger partial charge >= 0.3 is 7.12 Å². The second-order valence-electron chi connectivity index (χ2n) is 10.8. The van der Waals surface area contributed by atoms with Crippen LogP contribution in [0.1, 0.15) is 6.92 Å². The minimum Gasteiger partial charge on any atom is -0.481 e. The molecule has 0 fully saturated rings. The van der Waals surface area contributed by atoms with E-state index in [1.165, 1.54) is 12.1 Å². The topological polar surface area (TPSA) is 214 Å². The van der Waals surface area contributed by atoms with E-state index < -0.39 is 13.1 Å². The van der Waals surface area contributed by atoms with Gasteiger partial charge in [0, 0.05) is 13.0 Å². The van der Waals surface area contributed by atoms with Crippen molar-refractivity contribution < 1.29 is 19.9 Å². The zero-order valence-corrected chi connectivity index (χ0v) is 36.3. The SMILES string of the molecule is CC(=O)O.Clc1ccc(Cl)nn1.Clc1ccc(I)nn1.[C-]#[N+]c1cccc(-c2ccc(=O)[nH]n2)c1.[C-]#[N+]c1cccc(-c2ccc(Cl)nn2)c1.[C-]#[N+]c1cccc(B(O)O)c1. The summed E-state index contributed by atoms with van der Waals surface area (Å²) < 4.78 is 0.854. The van der Waals surface area contributed by atoms with Crippen molar-refractivity contribution in [3.8, 4) is 22.5 Å². The number of nitrogens with zero attached hydrogens (tertiary/aromatic N) is 10. The highest BCUT2D eigenvalue weighted by Crippen LogP contribution is 2.23. The smallest absolute Gasteiger partial charge is 0.481 e. The van der Waals surface area contributed by atoms with E-state index in [-0.39, 0.29) is 5.56 Å². The number of hydrogen-bond donors (Lipinski definition) is 4. The Kier molecular flexibility index (Phi) is 23.4. The van der Waals surface area contributed by atoms with Crippen molar-refractivity contribution in [3.63, 3.8) is 0 Å². The molecule has 4 heterocycles. The number of aromatic amines is 1. The molecule has 4 N–H and O–H groups in total. The number of halogens is 5. The van der Waals surface area contributed by atoms with E-state index in [9.17, 15) is 4.79 Å². The first kappa shape index (κ1) is 50.7. The molecule has 0 unspecified atom stereocenters. The molecule has 0 radical (unpaired) electrons. The molecule has 306 valence electrons. The fourth-order valence-corrected chi connectivity index (χ4v) is 4.49. The van der Waals surface area contributed by atoms with Gasteiger partial charge in [-0.05, 0) is 93.8 Å². The quantitative estimate of drug-likeness (QED) is 0.0742. The summed E-state index contributed by atoms with van der Waals surface area (Å²) in [6, 6.07) is 33.7. The average molecular weight is 1010 g/mol. The van der Waals surface area contributed by atoms with Crippen LogP contribution in [0, 0.1) is 23.4 Å². The normalized spacial score (nSPS) is 9.13. The predicted octanol–water partition coefficient (Wildman–Crippen LogP) is 8.86. The molecule has 0 saturated heterocycles. The zero-order valence-electron chi connectivity index (χ0n) is 31.1. The second kappa shape index (κ2) is 28.1. The van der Waals surface area contributed by atoms with Gasteiger partial charge in [0.1, 0.15) is 3.70 Å². The Bertz CT molecular complexity index is 2540. The van der Waals surface area contributed by atoms with Crippen molar-refractivity contribution in [3.05, 3.63) is 190 Å². The van der Waals surface area contributed by atoms with Crippen molar-refractivity contribution in [1.82, 2.24) is 40.8 Å². The average Bonchev–Trinajstić information content (AvgIpc) is 3.27. The lowest BCUT2D eigenvalue weighted by molar-refractivity contribution is -0.134. The summed E-state index contributed by atoms with van der Waals surface area (Å²) in [6.07, 6.45) is 0. The molecule has 0 atom stereocenters. The minimum absolute atomic E-state index is 0.236. The summed E-state index contributed by atoms with van der Waals surface area (Å²) in [5, 5.41) is 54.4. The first-order chi connectivity index (χ1) is 29.1. The van der Waals surface area contributed by atoms with Crippen LogP contribution in [0.15, 0.2) is 126 Å². The maximum Gasteiger partial charge on any atom is 0.487 e. The van der Waals surface area contributed by atoms with Crippen molar-refractivity contribution in [1.29, 1.82) is 0 Å². The molecule has 0 bridgehead atoms. The number of carbonyl (C=O) groups is 1. The Hall–Kier alpha value is -6.41. The van der Waals surface area contributed by atoms with Crippen LogP contribution < -0.4 is 11.0 Å². The maximum atomic E-state index is 10.8. The van der Waals surface area contributed by atoms with Gasteiger partial charge in [0.05, 0.1) is 31.1 Å². The number of rotatable bonds is 3. The number of aliphatic carboxylic acids is 1. The fourth-order valence-electron chi connectivity index (χ4n) is 3.80. The third-order valence-electron chi connectivity index (χ3n) is 6.35. The summed E-state index contributed by atoms with van der Waals surface area (Å²) in [6.45, 7) is 21.5. The monoisotopic (exact) mass is 1010 g/mol. The summed E-state index contributed by atoms with van der Waals surface area (Å²) in [4.78, 5) is 29.6. The van der Waals surface area contributed by atoms with Crippen molar-refractivity contribution in [2.45, 2.75) is 6.92 Å². The van der Waals surface area contributed by atoms with E-state index >= 15 is 0 Å². The van der Waals surface area contributed by atoms with E-state index in [0.29, 0.717) is 54.5 Å². The molecule has 7 aromatic rings. The number of benzene rings is 3. The summed E-state index contributed by atoms with van der Waals surface area (Å²) >= 11 is 23.9. The van der Waals surface area contributed by atoms with Gasteiger partial charge < -0.3 is 15.2 Å². The van der Waals surface area contributed by atoms with Crippen LogP contribution in [-0.4, -0.2) is 69.0 Å². The summed E-state index contributed by atoms with van der Waals surface area (Å²) in [5.41, 5.74) is 4.72. The van der Waals surface area contributed by atoms with E-state index in [4.69, 9.17) is 86.1 Å². The van der Waals surface area contributed by atoms with Crippen LogP contribution in [0.25, 0.3) is 37.0 Å². The van der Waals surface area contributed by atoms with E-state index in [0.717, 1.165) is 21.8 Å². The van der Waals surface area contributed by atoms with Crippen molar-refractivity contribution in [2.24, 2.45) is 0 Å². The van der Waals surface area contributed by atoms with Crippen molar-refractivity contribution >= 4 is 105 Å². The van der Waals surface area contributed by atoms with Crippen LogP contribution in [0.4, 0.5) is 17.1 Å². The molecular weight excluding hydrogens is 982 g/mol. The number of nitrogens with one attached hydrogen (secondary N) is 1. The first-order valence-corrected chi connectivity index (χ1v) is 19.1. The van der Waals surface area contributed by atoms with Gasteiger partial charge in [-0.1, -0.05) is 107 Å². The Labute approximate surface area is 382 Å². The van der Waals surface area contributed by atoms with Gasteiger partial charge in [-0.2, -0.15) is 5.10 Å². The third kappa shape index (κ3) is 21.4. The highest BCUT2D eigenvalue weighted by molar-refractivity contribution is 14.1. The van der Waals surface area contributed by atoms with Gasteiger partial charge in [-0.15, -0.1) is 30.6 Å². The molecular formula is C39H27BCl4IN11O5. The second-order valence-corrected chi connectivity index (χ2v) is 13.5. The summed E-state index contributed by atoms with van der Waals surface area (Å²) in [5.74, 6) is -0.833. The number of carboxylic acids is 1. The van der Waals surface area contributed by atoms with Gasteiger partial charge in [0.2, 0.25) is 0 Å². The number of aromatic nitrogens is 8. The van der Waals surface area contributed by atoms with Gasteiger partial charge in [0.15, 0.2) is 37.7 Å². The molecule has 7 rings (SSSR count).